The van der Waals surface area contributed by atoms with Gasteiger partial charge in [0, 0.05) is 85.9 Å². The van der Waals surface area contributed by atoms with Gasteiger partial charge in [0.1, 0.15) is 0 Å². The predicted octanol–water partition coefficient (Wildman–Crippen LogP) is 34.5. The first-order chi connectivity index (χ1) is 67.0. The smallest absolute Gasteiger partial charge is 0.0702 e. The third kappa shape index (κ3) is 13.9. The standard InChI is InChI=1S/3C43H28N2/c1-3-18-38-36(16-1)42(30-24-22-29(23-25-30)32-12-10-26-44-28-32)37-17-2-4-19-39(37)43(38)31-11-9-13-33(27-31)45-40-20-7-5-14-34(40)35-15-6-8-21-41(35)45;1-3-21-37-35(19-1)42(30-14-11-13-29(27-30)39-23-9-10-26-44-39)36-20-2-4-22-38(36)43(37)31-15-12-16-32(28-31)45-40-24-7-5-17-33(40)34-18-6-8-25-41(34)45;1-3-13-38-36(11-1)42(31-19-17-29(18-20-31)30-25-27-44-28-26-30)37-12-2-4-14-39(37)43(38)32-21-23-33(24-22-32)45-40-15-7-5-9-34(40)35-10-6-8-16-41(35)45/h3*1-28H. The predicted molar refractivity (Wildman–Crippen MR) is 570 cm³/mol. The van der Waals surface area contributed by atoms with Crippen molar-refractivity contribution in [3.8, 4) is 117 Å². The fourth-order valence-corrected chi connectivity index (χ4v) is 21.3. The van der Waals surface area contributed by atoms with Gasteiger partial charge >= 0.3 is 0 Å². The minimum Gasteiger partial charge on any atom is -0.309 e. The number of aromatic nitrogens is 6. The molecule has 135 heavy (non-hydrogen) atoms. The zero-order chi connectivity index (χ0) is 89.2. The average molecular weight is 1720 g/mol. The summed E-state index contributed by atoms with van der Waals surface area (Å²) in [4.78, 5) is 13.1. The van der Waals surface area contributed by atoms with Crippen molar-refractivity contribution in [3.63, 3.8) is 0 Å². The lowest BCUT2D eigenvalue weighted by atomic mass is 9.85. The van der Waals surface area contributed by atoms with Gasteiger partial charge < -0.3 is 13.7 Å². The Balaban J connectivity index is 0.000000108. The number of pyridine rings is 3. The summed E-state index contributed by atoms with van der Waals surface area (Å²) in [6, 6.07) is 173. The van der Waals surface area contributed by atoms with Crippen LogP contribution in [0.3, 0.4) is 0 Å². The summed E-state index contributed by atoms with van der Waals surface area (Å²) >= 11 is 0. The van der Waals surface area contributed by atoms with Crippen molar-refractivity contribution in [3.05, 3.63) is 510 Å². The molecule has 6 nitrogen and oxygen atoms in total. The third-order valence-electron chi connectivity index (χ3n) is 27.2. The van der Waals surface area contributed by atoms with Gasteiger partial charge in [-0.25, -0.2) is 0 Å². The largest absolute Gasteiger partial charge is 0.309 e. The van der Waals surface area contributed by atoms with E-state index in [0.29, 0.717) is 0 Å². The quantitative estimate of drug-likeness (QED) is 0.115. The zero-order valence-electron chi connectivity index (χ0n) is 73.7. The molecule has 6 aromatic heterocycles. The van der Waals surface area contributed by atoms with E-state index in [1.54, 1.807) is 0 Å². The van der Waals surface area contributed by atoms with Crippen molar-refractivity contribution in [1.29, 1.82) is 0 Å². The molecule has 27 rings (SSSR count). The lowest BCUT2D eigenvalue weighted by Gasteiger charge is -2.19. The summed E-state index contributed by atoms with van der Waals surface area (Å²) in [6.45, 7) is 0. The summed E-state index contributed by atoms with van der Waals surface area (Å²) in [6.07, 6.45) is 9.28. The van der Waals surface area contributed by atoms with Crippen molar-refractivity contribution >= 4 is 130 Å². The highest BCUT2D eigenvalue weighted by atomic mass is 15.0. The molecule has 6 heteroatoms. The Kier molecular flexibility index (Phi) is 19.9. The van der Waals surface area contributed by atoms with Crippen LogP contribution in [0.5, 0.6) is 0 Å². The summed E-state index contributed by atoms with van der Waals surface area (Å²) in [5.74, 6) is 0. The van der Waals surface area contributed by atoms with Crippen molar-refractivity contribution in [2.45, 2.75) is 0 Å². The number of para-hydroxylation sites is 6. The zero-order valence-corrected chi connectivity index (χ0v) is 73.7. The Labute approximate surface area is 780 Å². The lowest BCUT2D eigenvalue weighted by molar-refractivity contribution is 1.18. The van der Waals surface area contributed by atoms with E-state index >= 15 is 0 Å². The van der Waals surface area contributed by atoms with Crippen LogP contribution in [-0.4, -0.2) is 28.7 Å². The molecule has 0 N–H and O–H groups in total. The van der Waals surface area contributed by atoms with Gasteiger partial charge in [0.05, 0.1) is 38.8 Å². The fraction of sp³-hybridized carbons (Fsp3) is 0. The molecule has 0 amide bonds. The number of hydrogen-bond acceptors (Lipinski definition) is 3. The van der Waals surface area contributed by atoms with Crippen LogP contribution in [0.1, 0.15) is 0 Å². The molecule has 0 unspecified atom stereocenters. The van der Waals surface area contributed by atoms with Gasteiger partial charge in [-0.1, -0.05) is 370 Å². The van der Waals surface area contributed by atoms with Crippen LogP contribution in [0.25, 0.3) is 247 Å². The number of nitrogens with zero attached hydrogens (tertiary/aromatic N) is 6. The first-order valence-electron chi connectivity index (χ1n) is 46.2. The molecule has 0 aliphatic rings. The van der Waals surface area contributed by atoms with Crippen LogP contribution in [0.2, 0.25) is 0 Å². The average Bonchev–Trinajstić information content (AvgIpc) is 1.71. The second-order valence-corrected chi connectivity index (χ2v) is 34.7. The maximum absolute atomic E-state index is 4.63. The molecule has 0 atom stereocenters. The maximum Gasteiger partial charge on any atom is 0.0702 e. The molecule has 0 fully saturated rings. The number of benzene rings is 21. The molecule has 0 aliphatic heterocycles. The van der Waals surface area contributed by atoms with E-state index in [1.165, 1.54) is 214 Å². The van der Waals surface area contributed by atoms with E-state index in [1.807, 2.05) is 49.2 Å². The van der Waals surface area contributed by atoms with Gasteiger partial charge in [0.2, 0.25) is 0 Å². The van der Waals surface area contributed by atoms with Gasteiger partial charge in [0.15, 0.2) is 0 Å². The van der Waals surface area contributed by atoms with Crippen LogP contribution in [0, 0.1) is 0 Å². The molecular weight excluding hydrogens is 1630 g/mol. The van der Waals surface area contributed by atoms with Crippen LogP contribution < -0.4 is 0 Å². The molecule has 0 saturated carbocycles. The van der Waals surface area contributed by atoms with Gasteiger partial charge in [-0.05, 0) is 263 Å². The molecule has 21 aromatic carbocycles. The highest BCUT2D eigenvalue weighted by Crippen LogP contribution is 2.50. The second kappa shape index (κ2) is 33.8. The van der Waals surface area contributed by atoms with Crippen molar-refractivity contribution in [2.24, 2.45) is 0 Å². The van der Waals surface area contributed by atoms with Gasteiger partial charge in [-0.3, -0.25) is 15.0 Å². The third-order valence-corrected chi connectivity index (χ3v) is 27.2. The number of fused-ring (bicyclic) bond motifs is 15. The highest BCUT2D eigenvalue weighted by Gasteiger charge is 2.24. The monoisotopic (exact) mass is 1720 g/mol. The topological polar surface area (TPSA) is 53.5 Å². The van der Waals surface area contributed by atoms with Crippen LogP contribution in [0.4, 0.5) is 0 Å². The van der Waals surface area contributed by atoms with Crippen molar-refractivity contribution in [2.75, 3.05) is 0 Å². The highest BCUT2D eigenvalue weighted by molar-refractivity contribution is 6.25. The van der Waals surface area contributed by atoms with Crippen molar-refractivity contribution in [1.82, 2.24) is 28.7 Å². The first-order valence-corrected chi connectivity index (χ1v) is 46.2. The number of rotatable bonds is 12. The summed E-state index contributed by atoms with van der Waals surface area (Å²) < 4.78 is 7.18. The first kappa shape index (κ1) is 79.2. The molecule has 27 aromatic rings. The Morgan fingerprint density at radius 2 is 0.385 bits per heavy atom. The minimum atomic E-state index is 0.978. The van der Waals surface area contributed by atoms with E-state index in [0.717, 1.165) is 33.9 Å². The van der Waals surface area contributed by atoms with Gasteiger partial charge in [0.25, 0.3) is 0 Å². The molecule has 630 valence electrons. The molecule has 0 aliphatic carbocycles. The van der Waals surface area contributed by atoms with Crippen LogP contribution in [-0.2, 0) is 0 Å². The Hall–Kier alpha value is -18.0. The minimum absolute atomic E-state index is 0.978. The van der Waals surface area contributed by atoms with E-state index < -0.39 is 0 Å². The van der Waals surface area contributed by atoms with Gasteiger partial charge in [-0.15, -0.1) is 0 Å². The van der Waals surface area contributed by atoms with E-state index in [9.17, 15) is 0 Å². The van der Waals surface area contributed by atoms with E-state index in [2.05, 4.69) is 490 Å². The van der Waals surface area contributed by atoms with Crippen LogP contribution in [0.15, 0.2) is 510 Å². The molecule has 0 spiro atoms. The summed E-state index contributed by atoms with van der Waals surface area (Å²) in [5, 5.41) is 22.7. The lowest BCUT2D eigenvalue weighted by Crippen LogP contribution is -1.95. The molecule has 0 saturated heterocycles. The summed E-state index contributed by atoms with van der Waals surface area (Å²) in [5.41, 5.74) is 32.4. The molecule has 0 radical (unpaired) electrons. The fourth-order valence-electron chi connectivity index (χ4n) is 21.3. The Morgan fingerprint density at radius 1 is 0.133 bits per heavy atom. The Bertz CT molecular complexity index is 8940. The SMILES string of the molecule is c1ccc(-c2cccc(-c3c4ccccc4c(-c4cccc(-n5c6ccccc6c6ccccc65)c4)c4ccccc34)c2)nc1.c1ccc2c(-c3ccc(-n4c5ccccc5c5ccccc54)cc3)c3ccccc3c(-c3ccc(-c4ccncc4)cc3)c2c1.c1cncc(-c2ccc(-c3c4ccccc4c(-c4cccc(-n5c6ccccc6c6ccccc65)c4)c4ccccc34)cc2)c1. The normalized spacial score (nSPS) is 11.6. The van der Waals surface area contributed by atoms with Gasteiger partial charge in [-0.2, -0.15) is 0 Å². The van der Waals surface area contributed by atoms with E-state index in [4.69, 9.17) is 0 Å². The second-order valence-electron chi connectivity index (χ2n) is 34.7. The van der Waals surface area contributed by atoms with Crippen LogP contribution >= 0.6 is 0 Å². The number of hydrogen-bond donors (Lipinski definition) is 0. The Morgan fingerprint density at radius 3 is 0.704 bits per heavy atom. The maximum atomic E-state index is 4.63. The van der Waals surface area contributed by atoms with Crippen molar-refractivity contribution < 1.29 is 0 Å². The molecule has 6 heterocycles. The molecular formula is C129H84N6. The van der Waals surface area contributed by atoms with E-state index in [-0.39, 0.29) is 0 Å². The molecule has 0 bridgehead atoms. The summed E-state index contributed by atoms with van der Waals surface area (Å²) in [7, 11) is 0.